The second-order valence-corrected chi connectivity index (χ2v) is 6.06. The summed E-state index contributed by atoms with van der Waals surface area (Å²) >= 11 is 1.49. The minimum atomic E-state index is 0.0660. The third kappa shape index (κ3) is 4.66. The highest BCUT2D eigenvalue weighted by Crippen LogP contribution is 2.16. The topological polar surface area (TPSA) is 32.3 Å². The molecule has 1 aromatic heterocycles. The molecule has 4 heteroatoms. The fourth-order valence-corrected chi connectivity index (χ4v) is 3.01. The number of rotatable bonds is 4. The number of likely N-dealkylation sites (tertiary alicyclic amines) is 1. The van der Waals surface area contributed by atoms with E-state index >= 15 is 0 Å². The Balaban J connectivity index is 1.66. The van der Waals surface area contributed by atoms with Crippen LogP contribution < -0.4 is 5.32 Å². The first-order chi connectivity index (χ1) is 9.79. The molecule has 0 aromatic carbocycles. The highest BCUT2D eigenvalue weighted by atomic mass is 32.1. The molecule has 0 saturated carbocycles. The first-order valence-corrected chi connectivity index (χ1v) is 8.17. The van der Waals surface area contributed by atoms with Crippen LogP contribution >= 0.6 is 11.3 Å². The summed E-state index contributed by atoms with van der Waals surface area (Å²) in [6.07, 6.45) is 3.24. The summed E-state index contributed by atoms with van der Waals surface area (Å²) in [6, 6.07) is 3.78. The molecule has 108 valence electrons. The van der Waals surface area contributed by atoms with Crippen molar-refractivity contribution in [3.63, 3.8) is 0 Å². The van der Waals surface area contributed by atoms with Gasteiger partial charge in [-0.1, -0.05) is 18.9 Å². The number of thiophene rings is 1. The minimum Gasteiger partial charge on any atom is -0.351 e. The molecule has 0 radical (unpaired) electrons. The van der Waals surface area contributed by atoms with Gasteiger partial charge in [-0.3, -0.25) is 9.69 Å². The SMILES string of the molecule is CCC#CCN1CCC(CNC(=O)c2cccs2)CC1. The number of piperidine rings is 1. The molecular formula is C16H22N2OS. The number of carbonyl (C=O) groups is 1. The third-order valence-corrected chi connectivity index (χ3v) is 4.48. The van der Waals surface area contributed by atoms with Gasteiger partial charge in [0.15, 0.2) is 0 Å². The number of nitrogens with zero attached hydrogens (tertiary/aromatic N) is 1. The van der Waals surface area contributed by atoms with Crippen LogP contribution in [0.15, 0.2) is 17.5 Å². The number of nitrogens with one attached hydrogen (secondary N) is 1. The summed E-state index contributed by atoms with van der Waals surface area (Å²) in [5.74, 6) is 6.98. The molecule has 1 N–H and O–H groups in total. The molecular weight excluding hydrogens is 268 g/mol. The van der Waals surface area contributed by atoms with Gasteiger partial charge in [0.25, 0.3) is 5.91 Å². The minimum absolute atomic E-state index is 0.0660. The highest BCUT2D eigenvalue weighted by Gasteiger charge is 2.19. The predicted octanol–water partition coefficient (Wildman–Crippen LogP) is 2.60. The molecule has 2 rings (SSSR count). The number of hydrogen-bond donors (Lipinski definition) is 1. The lowest BCUT2D eigenvalue weighted by atomic mass is 9.97. The van der Waals surface area contributed by atoms with Crippen LogP contribution in [0, 0.1) is 17.8 Å². The maximum absolute atomic E-state index is 11.9. The fourth-order valence-electron chi connectivity index (χ4n) is 2.37. The molecule has 1 aliphatic heterocycles. The van der Waals surface area contributed by atoms with Gasteiger partial charge < -0.3 is 5.32 Å². The molecule has 20 heavy (non-hydrogen) atoms. The zero-order valence-corrected chi connectivity index (χ0v) is 12.8. The molecule has 1 amide bonds. The summed E-state index contributed by atoms with van der Waals surface area (Å²) in [5, 5.41) is 4.98. The van der Waals surface area contributed by atoms with Gasteiger partial charge in [0.2, 0.25) is 0 Å². The quantitative estimate of drug-likeness (QED) is 0.865. The van der Waals surface area contributed by atoms with Gasteiger partial charge >= 0.3 is 0 Å². The molecule has 0 unspecified atom stereocenters. The Kier molecular flexibility index (Phi) is 6.10. The maximum Gasteiger partial charge on any atom is 0.261 e. The predicted molar refractivity (Wildman–Crippen MR) is 83.9 cm³/mol. The number of carbonyl (C=O) groups excluding carboxylic acids is 1. The van der Waals surface area contributed by atoms with E-state index in [-0.39, 0.29) is 5.91 Å². The van der Waals surface area contributed by atoms with Gasteiger partial charge in [0.1, 0.15) is 0 Å². The number of hydrogen-bond acceptors (Lipinski definition) is 3. The lowest BCUT2D eigenvalue weighted by Gasteiger charge is -2.30. The molecule has 0 atom stereocenters. The summed E-state index contributed by atoms with van der Waals surface area (Å²) in [4.78, 5) is 15.1. The van der Waals surface area contributed by atoms with Crippen molar-refractivity contribution in [1.82, 2.24) is 10.2 Å². The van der Waals surface area contributed by atoms with Crippen LogP contribution in [0.3, 0.4) is 0 Å². The van der Waals surface area contributed by atoms with Crippen molar-refractivity contribution in [1.29, 1.82) is 0 Å². The van der Waals surface area contributed by atoms with E-state index in [1.54, 1.807) is 0 Å². The lowest BCUT2D eigenvalue weighted by molar-refractivity contribution is 0.0942. The first-order valence-electron chi connectivity index (χ1n) is 7.29. The monoisotopic (exact) mass is 290 g/mol. The van der Waals surface area contributed by atoms with Crippen molar-refractivity contribution in [2.75, 3.05) is 26.2 Å². The van der Waals surface area contributed by atoms with Gasteiger partial charge in [-0.15, -0.1) is 17.3 Å². The Morgan fingerprint density at radius 2 is 2.25 bits per heavy atom. The van der Waals surface area contributed by atoms with Gasteiger partial charge in [-0.25, -0.2) is 0 Å². The van der Waals surface area contributed by atoms with E-state index in [4.69, 9.17) is 0 Å². The third-order valence-electron chi connectivity index (χ3n) is 3.61. The van der Waals surface area contributed by atoms with Crippen molar-refractivity contribution < 1.29 is 4.79 Å². The Morgan fingerprint density at radius 3 is 2.90 bits per heavy atom. The smallest absolute Gasteiger partial charge is 0.261 e. The van der Waals surface area contributed by atoms with Gasteiger partial charge in [-0.05, 0) is 43.3 Å². The molecule has 1 saturated heterocycles. The highest BCUT2D eigenvalue weighted by molar-refractivity contribution is 7.12. The molecule has 0 spiro atoms. The van der Waals surface area contributed by atoms with Gasteiger partial charge in [0.05, 0.1) is 11.4 Å². The van der Waals surface area contributed by atoms with E-state index < -0.39 is 0 Å². The molecule has 2 heterocycles. The van der Waals surface area contributed by atoms with E-state index in [1.807, 2.05) is 17.5 Å². The Hall–Kier alpha value is -1.31. The van der Waals surface area contributed by atoms with Crippen molar-refractivity contribution in [3.05, 3.63) is 22.4 Å². The Bertz CT molecular complexity index is 464. The summed E-state index contributed by atoms with van der Waals surface area (Å²) in [6.45, 7) is 5.96. The van der Waals surface area contributed by atoms with Crippen LogP contribution in [0.1, 0.15) is 35.9 Å². The average molecular weight is 290 g/mol. The zero-order chi connectivity index (χ0) is 14.2. The Labute approximate surface area is 125 Å². The van der Waals surface area contributed by atoms with E-state index in [1.165, 1.54) is 11.3 Å². The Morgan fingerprint density at radius 1 is 1.45 bits per heavy atom. The van der Waals surface area contributed by atoms with Crippen LogP contribution in [-0.2, 0) is 0 Å². The van der Waals surface area contributed by atoms with E-state index in [9.17, 15) is 4.79 Å². The van der Waals surface area contributed by atoms with E-state index in [2.05, 4.69) is 29.0 Å². The normalized spacial score (nSPS) is 16.4. The summed E-state index contributed by atoms with van der Waals surface area (Å²) < 4.78 is 0. The van der Waals surface area contributed by atoms with Crippen LogP contribution in [0.4, 0.5) is 0 Å². The fraction of sp³-hybridized carbons (Fsp3) is 0.562. The standard InChI is InChI=1S/C16H22N2OS/c1-2-3-4-9-18-10-7-14(8-11-18)13-17-16(19)15-6-5-12-20-15/h5-6,12,14H,2,7-11,13H2,1H3,(H,17,19). The molecule has 1 fully saturated rings. The molecule has 0 aliphatic carbocycles. The van der Waals surface area contributed by atoms with Crippen LogP contribution in [0.2, 0.25) is 0 Å². The second-order valence-electron chi connectivity index (χ2n) is 5.11. The first kappa shape index (κ1) is 15.1. The average Bonchev–Trinajstić information content (AvgIpc) is 3.01. The van der Waals surface area contributed by atoms with Crippen molar-refractivity contribution in [2.24, 2.45) is 5.92 Å². The number of amides is 1. The summed E-state index contributed by atoms with van der Waals surface area (Å²) in [7, 11) is 0. The van der Waals surface area contributed by atoms with Crippen LogP contribution in [0.25, 0.3) is 0 Å². The lowest BCUT2D eigenvalue weighted by Crippen LogP contribution is -2.38. The summed E-state index contributed by atoms with van der Waals surface area (Å²) in [5.41, 5.74) is 0. The van der Waals surface area contributed by atoms with Crippen molar-refractivity contribution in [2.45, 2.75) is 26.2 Å². The maximum atomic E-state index is 11.9. The van der Waals surface area contributed by atoms with Crippen molar-refractivity contribution >= 4 is 17.2 Å². The molecule has 3 nitrogen and oxygen atoms in total. The molecule has 1 aliphatic rings. The van der Waals surface area contributed by atoms with Gasteiger partial charge in [-0.2, -0.15) is 0 Å². The largest absolute Gasteiger partial charge is 0.351 e. The van der Waals surface area contributed by atoms with E-state index in [0.717, 1.165) is 50.3 Å². The molecule has 0 bridgehead atoms. The van der Waals surface area contributed by atoms with Crippen LogP contribution in [-0.4, -0.2) is 37.0 Å². The molecule has 1 aromatic rings. The van der Waals surface area contributed by atoms with Gasteiger partial charge in [0, 0.05) is 13.0 Å². The zero-order valence-electron chi connectivity index (χ0n) is 12.0. The second kappa shape index (κ2) is 8.08. The van der Waals surface area contributed by atoms with Crippen molar-refractivity contribution in [3.8, 4) is 11.8 Å². The van der Waals surface area contributed by atoms with Crippen LogP contribution in [0.5, 0.6) is 0 Å². The van der Waals surface area contributed by atoms with E-state index in [0.29, 0.717) is 5.92 Å².